The molecule has 96 valence electrons. The van der Waals surface area contributed by atoms with E-state index in [2.05, 4.69) is 0 Å². The molecular weight excluding hydrogens is 286 g/mol. The first-order chi connectivity index (χ1) is 9.04. The Morgan fingerprint density at radius 2 is 1.95 bits per heavy atom. The molecule has 0 amide bonds. The minimum atomic E-state index is -3.86. The van der Waals surface area contributed by atoms with E-state index in [-0.39, 0.29) is 9.80 Å². The summed E-state index contributed by atoms with van der Waals surface area (Å²) in [6.07, 6.45) is 2.58. The maximum atomic E-state index is 12.2. The Labute approximate surface area is 115 Å². The second kappa shape index (κ2) is 5.31. The lowest BCUT2D eigenvalue weighted by Gasteiger charge is -2.02. The lowest BCUT2D eigenvalue weighted by molar-refractivity contribution is 0.556. The van der Waals surface area contributed by atoms with E-state index in [1.54, 1.807) is 18.2 Å². The van der Waals surface area contributed by atoms with E-state index in [1.165, 1.54) is 36.6 Å². The predicted octanol–water partition coefficient (Wildman–Crippen LogP) is 3.27. The molecule has 1 aromatic carbocycles. The number of sulfone groups is 1. The van der Waals surface area contributed by atoms with Gasteiger partial charge in [-0.15, -0.1) is 0 Å². The Balaban J connectivity index is 2.49. The van der Waals surface area contributed by atoms with Crippen LogP contribution in [0, 0.1) is 11.3 Å². The molecule has 0 unspecified atom stereocenters. The molecule has 0 aliphatic heterocycles. The summed E-state index contributed by atoms with van der Waals surface area (Å²) in [6, 6.07) is 10.5. The molecule has 19 heavy (non-hydrogen) atoms. The molecule has 0 aliphatic rings. The Morgan fingerprint density at radius 3 is 2.47 bits per heavy atom. The number of halogens is 1. The minimum absolute atomic E-state index is 0.0104. The first kappa shape index (κ1) is 13.4. The van der Waals surface area contributed by atoms with Crippen molar-refractivity contribution >= 4 is 27.5 Å². The second-order valence-electron chi connectivity index (χ2n) is 3.59. The molecule has 0 aliphatic carbocycles. The zero-order valence-electron chi connectivity index (χ0n) is 9.58. The average Bonchev–Trinajstić information content (AvgIpc) is 2.89. The van der Waals surface area contributed by atoms with E-state index in [0.717, 1.165) is 0 Å². The number of hydrogen-bond donors (Lipinski definition) is 0. The summed E-state index contributed by atoms with van der Waals surface area (Å²) >= 11 is 5.70. The van der Waals surface area contributed by atoms with Crippen molar-refractivity contribution in [2.75, 3.05) is 0 Å². The normalized spacial score (nSPS) is 12.1. The van der Waals surface area contributed by atoms with Gasteiger partial charge >= 0.3 is 0 Å². The molecule has 0 atom stereocenters. The molecule has 0 N–H and O–H groups in total. The molecule has 0 saturated heterocycles. The van der Waals surface area contributed by atoms with Crippen molar-refractivity contribution in [2.24, 2.45) is 0 Å². The van der Waals surface area contributed by atoms with Gasteiger partial charge in [0.25, 0.3) is 0 Å². The highest BCUT2D eigenvalue weighted by molar-refractivity contribution is 7.95. The number of allylic oxidation sites excluding steroid dienone is 1. The maximum absolute atomic E-state index is 12.2. The number of rotatable bonds is 3. The molecule has 6 heteroatoms. The summed E-state index contributed by atoms with van der Waals surface area (Å²) < 4.78 is 29.5. The van der Waals surface area contributed by atoms with E-state index >= 15 is 0 Å². The van der Waals surface area contributed by atoms with Gasteiger partial charge in [0.05, 0.1) is 11.2 Å². The van der Waals surface area contributed by atoms with Crippen molar-refractivity contribution in [2.45, 2.75) is 4.90 Å². The molecule has 2 aromatic rings. The van der Waals surface area contributed by atoms with Crippen LogP contribution in [0.1, 0.15) is 5.76 Å². The van der Waals surface area contributed by atoms with E-state index in [1.807, 2.05) is 0 Å². The van der Waals surface area contributed by atoms with E-state index in [4.69, 9.17) is 21.3 Å². The maximum Gasteiger partial charge on any atom is 0.216 e. The van der Waals surface area contributed by atoms with Crippen LogP contribution in [0.15, 0.2) is 56.9 Å². The average molecular weight is 294 g/mol. The molecule has 1 aromatic heterocycles. The molecule has 4 nitrogen and oxygen atoms in total. The predicted molar refractivity (Wildman–Crippen MR) is 70.9 cm³/mol. The third-order valence-corrected chi connectivity index (χ3v) is 4.27. The number of furan rings is 1. The highest BCUT2D eigenvalue weighted by Crippen LogP contribution is 2.22. The van der Waals surface area contributed by atoms with Crippen molar-refractivity contribution in [1.82, 2.24) is 0 Å². The Hall–Kier alpha value is -2.03. The van der Waals surface area contributed by atoms with Gasteiger partial charge < -0.3 is 4.42 Å². The molecule has 0 saturated carbocycles. The van der Waals surface area contributed by atoms with Crippen LogP contribution < -0.4 is 0 Å². The van der Waals surface area contributed by atoms with E-state index in [9.17, 15) is 8.42 Å². The fraction of sp³-hybridized carbons (Fsp3) is 0. The van der Waals surface area contributed by atoms with Crippen molar-refractivity contribution < 1.29 is 12.8 Å². The van der Waals surface area contributed by atoms with Crippen LogP contribution in [0.5, 0.6) is 0 Å². The first-order valence-corrected chi connectivity index (χ1v) is 7.06. The van der Waals surface area contributed by atoms with E-state index < -0.39 is 9.84 Å². The van der Waals surface area contributed by atoms with Crippen molar-refractivity contribution in [1.29, 1.82) is 5.26 Å². The Kier molecular flexibility index (Phi) is 3.74. The second-order valence-corrected chi connectivity index (χ2v) is 5.95. The summed E-state index contributed by atoms with van der Waals surface area (Å²) in [5.74, 6) is 0.300. The summed E-state index contributed by atoms with van der Waals surface area (Å²) in [7, 11) is -3.86. The first-order valence-electron chi connectivity index (χ1n) is 5.20. The summed E-state index contributed by atoms with van der Waals surface area (Å²) in [6.45, 7) is 0. The molecule has 1 heterocycles. The van der Waals surface area contributed by atoms with Crippen molar-refractivity contribution in [3.63, 3.8) is 0 Å². The van der Waals surface area contributed by atoms with E-state index in [0.29, 0.717) is 10.8 Å². The van der Waals surface area contributed by atoms with Crippen LogP contribution in [-0.4, -0.2) is 8.42 Å². The number of nitrogens with zero attached hydrogens (tertiary/aromatic N) is 1. The molecule has 0 fully saturated rings. The van der Waals surface area contributed by atoms with Crippen molar-refractivity contribution in [3.8, 4) is 6.07 Å². The van der Waals surface area contributed by atoms with Crippen LogP contribution in [0.3, 0.4) is 0 Å². The van der Waals surface area contributed by atoms with Gasteiger partial charge in [0.15, 0.2) is 4.91 Å². The van der Waals surface area contributed by atoms with Gasteiger partial charge in [-0.2, -0.15) is 5.26 Å². The van der Waals surface area contributed by atoms with Crippen LogP contribution >= 0.6 is 11.6 Å². The topological polar surface area (TPSA) is 71.1 Å². The van der Waals surface area contributed by atoms with Gasteiger partial charge in [-0.25, -0.2) is 8.42 Å². The third-order valence-electron chi connectivity index (χ3n) is 2.34. The minimum Gasteiger partial charge on any atom is -0.465 e. The molecule has 2 rings (SSSR count). The summed E-state index contributed by atoms with van der Waals surface area (Å²) in [5.41, 5.74) is 0. The highest BCUT2D eigenvalue weighted by atomic mass is 35.5. The van der Waals surface area contributed by atoms with Gasteiger partial charge in [-0.05, 0) is 36.4 Å². The number of hydrogen-bond acceptors (Lipinski definition) is 4. The van der Waals surface area contributed by atoms with Crippen LogP contribution in [0.4, 0.5) is 0 Å². The fourth-order valence-corrected chi connectivity index (χ4v) is 2.68. The SMILES string of the molecule is N#C/C(=C\c1ccco1)S(=O)(=O)c1ccc(Cl)cc1. The van der Waals surface area contributed by atoms with Crippen LogP contribution in [0.25, 0.3) is 6.08 Å². The Morgan fingerprint density at radius 1 is 1.26 bits per heavy atom. The quantitative estimate of drug-likeness (QED) is 0.814. The molecule has 0 radical (unpaired) electrons. The zero-order chi connectivity index (χ0) is 13.9. The van der Waals surface area contributed by atoms with Gasteiger partial charge in [0.1, 0.15) is 11.8 Å². The van der Waals surface area contributed by atoms with Crippen LogP contribution in [0.2, 0.25) is 5.02 Å². The lowest BCUT2D eigenvalue weighted by atomic mass is 10.4. The third kappa shape index (κ3) is 2.87. The molecular formula is C13H8ClNO3S. The van der Waals surface area contributed by atoms with Gasteiger partial charge in [0, 0.05) is 11.1 Å². The number of nitriles is 1. The molecule has 0 bridgehead atoms. The standard InChI is InChI=1S/C13H8ClNO3S/c14-10-3-5-12(6-4-10)19(16,17)13(9-15)8-11-2-1-7-18-11/h1-8H/b13-8+. The summed E-state index contributed by atoms with van der Waals surface area (Å²) in [5, 5.41) is 9.43. The van der Waals surface area contributed by atoms with Crippen LogP contribution in [-0.2, 0) is 9.84 Å². The number of benzene rings is 1. The zero-order valence-corrected chi connectivity index (χ0v) is 11.1. The molecule has 0 spiro atoms. The fourth-order valence-electron chi connectivity index (χ4n) is 1.41. The summed E-state index contributed by atoms with van der Waals surface area (Å²) in [4.78, 5) is -0.374. The van der Waals surface area contributed by atoms with Gasteiger partial charge in [-0.1, -0.05) is 11.6 Å². The largest absolute Gasteiger partial charge is 0.465 e. The monoisotopic (exact) mass is 293 g/mol. The van der Waals surface area contributed by atoms with Crippen molar-refractivity contribution in [3.05, 3.63) is 58.3 Å². The van der Waals surface area contributed by atoms with Gasteiger partial charge in [0.2, 0.25) is 9.84 Å². The smallest absolute Gasteiger partial charge is 0.216 e. The van der Waals surface area contributed by atoms with Gasteiger partial charge in [-0.3, -0.25) is 0 Å². The lowest BCUT2D eigenvalue weighted by Crippen LogP contribution is -2.03. The Bertz CT molecular complexity index is 738. The highest BCUT2D eigenvalue weighted by Gasteiger charge is 2.21.